The summed E-state index contributed by atoms with van der Waals surface area (Å²) in [6.07, 6.45) is 1.59. The lowest BCUT2D eigenvalue weighted by Gasteiger charge is -2.10. The zero-order valence-corrected chi connectivity index (χ0v) is 11.3. The summed E-state index contributed by atoms with van der Waals surface area (Å²) in [6, 6.07) is 10.6. The summed E-state index contributed by atoms with van der Waals surface area (Å²) in [6.45, 7) is 2.09. The SMILES string of the molecule is Cc1ccc(-c2cc3c(N(C)C)ncnc3[nH]2)cc1. The second kappa shape index (κ2) is 4.39. The molecule has 0 bridgehead atoms. The number of hydrogen-bond acceptors (Lipinski definition) is 3. The molecule has 1 N–H and O–H groups in total. The number of nitrogens with zero attached hydrogens (tertiary/aromatic N) is 3. The lowest BCUT2D eigenvalue weighted by Crippen LogP contribution is -2.10. The molecule has 0 saturated carbocycles. The van der Waals surface area contributed by atoms with Crippen LogP contribution in [0, 0.1) is 6.92 Å². The largest absolute Gasteiger partial charge is 0.362 e. The molecule has 0 atom stereocenters. The molecule has 2 aromatic heterocycles. The van der Waals surface area contributed by atoms with Crippen LogP contribution in [0.4, 0.5) is 5.82 Å². The zero-order valence-electron chi connectivity index (χ0n) is 11.3. The Morgan fingerprint density at radius 3 is 2.47 bits per heavy atom. The molecule has 0 unspecified atom stereocenters. The van der Waals surface area contributed by atoms with Gasteiger partial charge in [0.05, 0.1) is 5.39 Å². The van der Waals surface area contributed by atoms with E-state index in [1.807, 2.05) is 19.0 Å². The maximum Gasteiger partial charge on any atom is 0.143 e. The summed E-state index contributed by atoms with van der Waals surface area (Å²) in [4.78, 5) is 14.0. The molecule has 2 heterocycles. The fourth-order valence-electron chi connectivity index (χ4n) is 2.17. The van der Waals surface area contributed by atoms with Gasteiger partial charge in [0, 0.05) is 19.8 Å². The van der Waals surface area contributed by atoms with Gasteiger partial charge >= 0.3 is 0 Å². The van der Waals surface area contributed by atoms with Crippen molar-refractivity contribution in [3.05, 3.63) is 42.2 Å². The van der Waals surface area contributed by atoms with Gasteiger partial charge in [0.15, 0.2) is 0 Å². The fraction of sp³-hybridized carbons (Fsp3) is 0.200. The van der Waals surface area contributed by atoms with Crippen molar-refractivity contribution in [2.75, 3.05) is 19.0 Å². The Kier molecular flexibility index (Phi) is 2.71. The highest BCUT2D eigenvalue weighted by atomic mass is 15.1. The van der Waals surface area contributed by atoms with Crippen LogP contribution in [-0.2, 0) is 0 Å². The molecule has 0 aliphatic rings. The highest BCUT2D eigenvalue weighted by Crippen LogP contribution is 2.27. The fourth-order valence-corrected chi connectivity index (χ4v) is 2.17. The standard InChI is InChI=1S/C15H16N4/c1-10-4-6-11(7-5-10)13-8-12-14(18-13)16-9-17-15(12)19(2)3/h4-9H,1-3H3,(H,16,17,18). The van der Waals surface area contributed by atoms with Gasteiger partial charge in [-0.15, -0.1) is 0 Å². The molecule has 4 nitrogen and oxygen atoms in total. The van der Waals surface area contributed by atoms with Crippen molar-refractivity contribution in [3.63, 3.8) is 0 Å². The van der Waals surface area contributed by atoms with Crippen molar-refractivity contribution in [1.82, 2.24) is 15.0 Å². The van der Waals surface area contributed by atoms with Gasteiger partial charge in [-0.3, -0.25) is 0 Å². The van der Waals surface area contributed by atoms with Crippen molar-refractivity contribution < 1.29 is 0 Å². The molecule has 3 aromatic rings. The van der Waals surface area contributed by atoms with Gasteiger partial charge in [-0.05, 0) is 18.6 Å². The number of aryl methyl sites for hydroxylation is 1. The maximum atomic E-state index is 4.32. The van der Waals surface area contributed by atoms with Gasteiger partial charge in [-0.2, -0.15) is 0 Å². The minimum Gasteiger partial charge on any atom is -0.362 e. The number of nitrogens with one attached hydrogen (secondary N) is 1. The first-order valence-corrected chi connectivity index (χ1v) is 6.23. The quantitative estimate of drug-likeness (QED) is 0.762. The van der Waals surface area contributed by atoms with Crippen molar-refractivity contribution in [1.29, 1.82) is 0 Å². The Bertz CT molecular complexity index is 711. The maximum absolute atomic E-state index is 4.32. The first kappa shape index (κ1) is 11.7. The normalized spacial score (nSPS) is 10.9. The van der Waals surface area contributed by atoms with E-state index in [1.165, 1.54) is 5.56 Å². The number of benzene rings is 1. The van der Waals surface area contributed by atoms with E-state index in [4.69, 9.17) is 0 Å². The Morgan fingerprint density at radius 1 is 1.05 bits per heavy atom. The number of fused-ring (bicyclic) bond motifs is 1. The third-order valence-corrected chi connectivity index (χ3v) is 3.19. The molecule has 0 aliphatic carbocycles. The van der Waals surface area contributed by atoms with Crippen molar-refractivity contribution >= 4 is 16.9 Å². The van der Waals surface area contributed by atoms with E-state index in [0.29, 0.717) is 0 Å². The lowest BCUT2D eigenvalue weighted by atomic mass is 10.1. The average molecular weight is 252 g/mol. The van der Waals surface area contributed by atoms with E-state index in [2.05, 4.69) is 52.2 Å². The van der Waals surface area contributed by atoms with Crippen LogP contribution in [0.25, 0.3) is 22.3 Å². The van der Waals surface area contributed by atoms with Crippen LogP contribution in [0.5, 0.6) is 0 Å². The second-order valence-corrected chi connectivity index (χ2v) is 4.90. The number of anilines is 1. The Labute approximate surface area is 112 Å². The lowest BCUT2D eigenvalue weighted by molar-refractivity contribution is 1.06. The van der Waals surface area contributed by atoms with E-state index in [0.717, 1.165) is 28.1 Å². The predicted molar refractivity (Wildman–Crippen MR) is 78.4 cm³/mol. The number of hydrogen-bond donors (Lipinski definition) is 1. The van der Waals surface area contributed by atoms with Crippen molar-refractivity contribution in [2.24, 2.45) is 0 Å². The molecule has 96 valence electrons. The summed E-state index contributed by atoms with van der Waals surface area (Å²) in [5.41, 5.74) is 4.36. The topological polar surface area (TPSA) is 44.8 Å². The van der Waals surface area contributed by atoms with Crippen LogP contribution in [0.15, 0.2) is 36.7 Å². The van der Waals surface area contributed by atoms with Crippen molar-refractivity contribution in [3.8, 4) is 11.3 Å². The molecule has 0 radical (unpaired) electrons. The minimum atomic E-state index is 0.870. The summed E-state index contributed by atoms with van der Waals surface area (Å²) in [5.74, 6) is 0.930. The van der Waals surface area contributed by atoms with Gasteiger partial charge in [0.2, 0.25) is 0 Å². The van der Waals surface area contributed by atoms with Gasteiger partial charge in [-0.1, -0.05) is 29.8 Å². The van der Waals surface area contributed by atoms with Gasteiger partial charge in [0.25, 0.3) is 0 Å². The zero-order chi connectivity index (χ0) is 13.4. The van der Waals surface area contributed by atoms with E-state index >= 15 is 0 Å². The monoisotopic (exact) mass is 252 g/mol. The van der Waals surface area contributed by atoms with Crippen LogP contribution in [0.2, 0.25) is 0 Å². The molecule has 0 fully saturated rings. The molecule has 19 heavy (non-hydrogen) atoms. The Balaban J connectivity index is 2.16. The average Bonchev–Trinajstić information content (AvgIpc) is 2.82. The van der Waals surface area contributed by atoms with Crippen LogP contribution in [-0.4, -0.2) is 29.0 Å². The highest BCUT2D eigenvalue weighted by Gasteiger charge is 2.10. The van der Waals surface area contributed by atoms with Gasteiger partial charge in [-0.25, -0.2) is 9.97 Å². The van der Waals surface area contributed by atoms with Crippen LogP contribution in [0.1, 0.15) is 5.56 Å². The van der Waals surface area contributed by atoms with E-state index < -0.39 is 0 Å². The first-order valence-electron chi connectivity index (χ1n) is 6.23. The molecular weight excluding hydrogens is 236 g/mol. The van der Waals surface area contributed by atoms with E-state index in [1.54, 1.807) is 6.33 Å². The van der Waals surface area contributed by atoms with E-state index in [-0.39, 0.29) is 0 Å². The van der Waals surface area contributed by atoms with Gasteiger partial charge < -0.3 is 9.88 Å². The summed E-state index contributed by atoms with van der Waals surface area (Å²) in [5, 5.41) is 1.04. The van der Waals surface area contributed by atoms with Crippen LogP contribution in [0.3, 0.4) is 0 Å². The molecule has 0 aliphatic heterocycles. The number of rotatable bonds is 2. The molecule has 0 spiro atoms. The number of aromatic amines is 1. The Hall–Kier alpha value is -2.36. The smallest absolute Gasteiger partial charge is 0.143 e. The van der Waals surface area contributed by atoms with E-state index in [9.17, 15) is 0 Å². The summed E-state index contributed by atoms with van der Waals surface area (Å²) < 4.78 is 0. The summed E-state index contributed by atoms with van der Waals surface area (Å²) >= 11 is 0. The number of H-pyrrole nitrogens is 1. The second-order valence-electron chi connectivity index (χ2n) is 4.90. The van der Waals surface area contributed by atoms with Crippen LogP contribution < -0.4 is 4.90 Å². The molecule has 0 amide bonds. The van der Waals surface area contributed by atoms with Crippen LogP contribution >= 0.6 is 0 Å². The predicted octanol–water partition coefficient (Wildman–Crippen LogP) is 3.00. The molecule has 1 aromatic carbocycles. The first-order chi connectivity index (χ1) is 9.15. The number of aromatic nitrogens is 3. The third kappa shape index (κ3) is 2.05. The third-order valence-electron chi connectivity index (χ3n) is 3.19. The molecular formula is C15H16N4. The molecule has 4 heteroatoms. The van der Waals surface area contributed by atoms with Gasteiger partial charge in [0.1, 0.15) is 17.8 Å². The minimum absolute atomic E-state index is 0.870. The summed E-state index contributed by atoms with van der Waals surface area (Å²) in [7, 11) is 3.97. The molecule has 0 saturated heterocycles. The molecule has 3 rings (SSSR count). The Morgan fingerprint density at radius 2 is 1.79 bits per heavy atom. The van der Waals surface area contributed by atoms with Crippen molar-refractivity contribution in [2.45, 2.75) is 6.92 Å². The highest BCUT2D eigenvalue weighted by molar-refractivity contribution is 5.91.